The molecule has 1 atom stereocenters. The van der Waals surface area contributed by atoms with Crippen LogP contribution in [0.1, 0.15) is 33.6 Å². The molecule has 2 rings (SSSR count). The van der Waals surface area contributed by atoms with Gasteiger partial charge in [-0.25, -0.2) is 0 Å². The van der Waals surface area contributed by atoms with E-state index in [4.69, 9.17) is 5.73 Å². The lowest BCUT2D eigenvalue weighted by atomic mass is 9.84. The molecule has 0 aromatic carbocycles. The lowest BCUT2D eigenvalue weighted by Gasteiger charge is -2.52. The largest absolute Gasteiger partial charge is 0.329 e. The second kappa shape index (κ2) is 6.79. The van der Waals surface area contributed by atoms with Gasteiger partial charge in [0.15, 0.2) is 0 Å². The van der Waals surface area contributed by atoms with Crippen molar-refractivity contribution in [2.45, 2.75) is 45.2 Å². The van der Waals surface area contributed by atoms with Gasteiger partial charge in [0.1, 0.15) is 0 Å². The number of rotatable bonds is 4. The Balaban J connectivity index is 1.97. The summed E-state index contributed by atoms with van der Waals surface area (Å²) in [4.78, 5) is 5.36. The number of nitrogens with zero attached hydrogens (tertiary/aromatic N) is 2. The zero-order chi connectivity index (χ0) is 13.9. The molecule has 0 bridgehead atoms. The number of hydrogen-bond donors (Lipinski definition) is 1. The third-order valence-corrected chi connectivity index (χ3v) is 5.96. The summed E-state index contributed by atoms with van der Waals surface area (Å²) < 4.78 is 0. The second-order valence-corrected chi connectivity index (χ2v) is 7.89. The molecule has 0 radical (unpaired) electrons. The molecule has 0 spiro atoms. The molecule has 2 aliphatic rings. The first-order chi connectivity index (χ1) is 9.07. The smallest absolute Gasteiger partial charge is 0.0359 e. The normalized spacial score (nSPS) is 29.8. The van der Waals surface area contributed by atoms with Crippen LogP contribution in [0, 0.1) is 5.92 Å². The standard InChI is InChI=1S/C15H31N3S/c1-13(2)10-17-6-4-15(12-16,5-7-17)18-8-9-19-11-14(18)3/h13-14H,4-12,16H2,1-3H3. The number of nitrogens with two attached hydrogens (primary N) is 1. The highest BCUT2D eigenvalue weighted by atomic mass is 32.2. The number of hydrogen-bond acceptors (Lipinski definition) is 4. The van der Waals surface area contributed by atoms with E-state index in [0.717, 1.165) is 12.5 Å². The summed E-state index contributed by atoms with van der Waals surface area (Å²) in [7, 11) is 0. The lowest BCUT2D eigenvalue weighted by Crippen LogP contribution is -2.63. The first kappa shape index (κ1) is 15.6. The number of piperidine rings is 1. The molecule has 4 heteroatoms. The van der Waals surface area contributed by atoms with Crippen LogP contribution in [0.5, 0.6) is 0 Å². The maximum Gasteiger partial charge on any atom is 0.0359 e. The molecule has 3 nitrogen and oxygen atoms in total. The Bertz CT molecular complexity index is 275. The van der Waals surface area contributed by atoms with Gasteiger partial charge in [-0.15, -0.1) is 0 Å². The van der Waals surface area contributed by atoms with E-state index in [0.29, 0.717) is 6.04 Å². The van der Waals surface area contributed by atoms with E-state index < -0.39 is 0 Å². The summed E-state index contributed by atoms with van der Waals surface area (Å²) in [5.74, 6) is 3.33. The first-order valence-electron chi connectivity index (χ1n) is 7.84. The molecular formula is C15H31N3S. The third-order valence-electron chi connectivity index (χ3n) is 4.77. The SMILES string of the molecule is CC(C)CN1CCC(CN)(N2CCSCC2C)CC1. The zero-order valence-corrected chi connectivity index (χ0v) is 13.7. The third kappa shape index (κ3) is 3.66. The minimum absolute atomic E-state index is 0.286. The fraction of sp³-hybridized carbons (Fsp3) is 1.00. The summed E-state index contributed by atoms with van der Waals surface area (Å²) in [5.41, 5.74) is 6.50. The molecule has 2 saturated heterocycles. The Kier molecular flexibility index (Phi) is 5.58. The van der Waals surface area contributed by atoms with E-state index in [-0.39, 0.29) is 5.54 Å². The topological polar surface area (TPSA) is 32.5 Å². The summed E-state index contributed by atoms with van der Waals surface area (Å²) in [6.45, 7) is 12.8. The van der Waals surface area contributed by atoms with Gasteiger partial charge in [-0.2, -0.15) is 11.8 Å². The molecule has 0 aromatic rings. The van der Waals surface area contributed by atoms with Crippen molar-refractivity contribution in [2.24, 2.45) is 11.7 Å². The molecule has 2 aliphatic heterocycles. The summed E-state index contributed by atoms with van der Waals surface area (Å²) in [6, 6.07) is 0.693. The predicted molar refractivity (Wildman–Crippen MR) is 85.8 cm³/mol. The maximum absolute atomic E-state index is 6.21. The molecular weight excluding hydrogens is 254 g/mol. The molecule has 1 unspecified atom stereocenters. The predicted octanol–water partition coefficient (Wildman–Crippen LogP) is 1.87. The molecule has 112 valence electrons. The Morgan fingerprint density at radius 2 is 1.95 bits per heavy atom. The minimum Gasteiger partial charge on any atom is -0.329 e. The van der Waals surface area contributed by atoms with Gasteiger partial charge in [-0.1, -0.05) is 13.8 Å². The van der Waals surface area contributed by atoms with E-state index in [2.05, 4.69) is 42.3 Å². The van der Waals surface area contributed by atoms with Gasteiger partial charge in [-0.3, -0.25) is 4.90 Å². The average molecular weight is 286 g/mol. The summed E-state index contributed by atoms with van der Waals surface area (Å²) in [6.07, 6.45) is 2.51. The fourth-order valence-corrected chi connectivity index (χ4v) is 4.72. The lowest BCUT2D eigenvalue weighted by molar-refractivity contribution is 0.00687. The van der Waals surface area contributed by atoms with E-state index in [1.54, 1.807) is 0 Å². The Morgan fingerprint density at radius 3 is 2.47 bits per heavy atom. The molecule has 2 heterocycles. The summed E-state index contributed by atoms with van der Waals surface area (Å²) >= 11 is 2.10. The molecule has 0 aliphatic carbocycles. The van der Waals surface area contributed by atoms with Crippen LogP contribution in [0.2, 0.25) is 0 Å². The fourth-order valence-electron chi connectivity index (χ4n) is 3.71. The van der Waals surface area contributed by atoms with Crippen LogP contribution in [0.15, 0.2) is 0 Å². The van der Waals surface area contributed by atoms with Gasteiger partial charge < -0.3 is 10.6 Å². The van der Waals surface area contributed by atoms with Gasteiger partial charge in [0.05, 0.1) is 0 Å². The van der Waals surface area contributed by atoms with Crippen molar-refractivity contribution in [3.8, 4) is 0 Å². The van der Waals surface area contributed by atoms with E-state index in [1.165, 1.54) is 50.5 Å². The van der Waals surface area contributed by atoms with Crippen LogP contribution in [0.4, 0.5) is 0 Å². The molecule has 0 amide bonds. The molecule has 0 aromatic heterocycles. The van der Waals surface area contributed by atoms with Gasteiger partial charge in [0.25, 0.3) is 0 Å². The minimum atomic E-state index is 0.286. The van der Waals surface area contributed by atoms with Gasteiger partial charge in [0.2, 0.25) is 0 Å². The van der Waals surface area contributed by atoms with Gasteiger partial charge >= 0.3 is 0 Å². The van der Waals surface area contributed by atoms with Crippen LogP contribution in [0.25, 0.3) is 0 Å². The highest BCUT2D eigenvalue weighted by Gasteiger charge is 2.41. The van der Waals surface area contributed by atoms with Gasteiger partial charge in [-0.05, 0) is 38.8 Å². The van der Waals surface area contributed by atoms with Crippen molar-refractivity contribution in [1.82, 2.24) is 9.80 Å². The molecule has 2 N–H and O–H groups in total. The number of likely N-dealkylation sites (tertiary alicyclic amines) is 1. The van der Waals surface area contributed by atoms with Gasteiger partial charge in [0, 0.05) is 42.7 Å². The van der Waals surface area contributed by atoms with Crippen molar-refractivity contribution >= 4 is 11.8 Å². The van der Waals surface area contributed by atoms with Crippen LogP contribution < -0.4 is 5.73 Å². The van der Waals surface area contributed by atoms with E-state index >= 15 is 0 Å². The maximum atomic E-state index is 6.21. The molecule has 2 fully saturated rings. The molecule has 0 saturated carbocycles. The van der Waals surface area contributed by atoms with E-state index in [9.17, 15) is 0 Å². The van der Waals surface area contributed by atoms with Crippen molar-refractivity contribution in [3.63, 3.8) is 0 Å². The quantitative estimate of drug-likeness (QED) is 0.855. The van der Waals surface area contributed by atoms with Crippen LogP contribution in [-0.4, -0.2) is 65.6 Å². The average Bonchev–Trinajstić information content (AvgIpc) is 2.40. The number of thioether (sulfide) groups is 1. The van der Waals surface area contributed by atoms with Crippen LogP contribution in [0.3, 0.4) is 0 Å². The van der Waals surface area contributed by atoms with Crippen molar-refractivity contribution < 1.29 is 0 Å². The highest BCUT2D eigenvalue weighted by molar-refractivity contribution is 7.99. The monoisotopic (exact) mass is 285 g/mol. The Hall–Kier alpha value is 0.230. The van der Waals surface area contributed by atoms with Crippen LogP contribution in [-0.2, 0) is 0 Å². The van der Waals surface area contributed by atoms with Crippen molar-refractivity contribution in [1.29, 1.82) is 0 Å². The zero-order valence-electron chi connectivity index (χ0n) is 12.9. The van der Waals surface area contributed by atoms with E-state index in [1.807, 2.05) is 0 Å². The molecule has 19 heavy (non-hydrogen) atoms. The first-order valence-corrected chi connectivity index (χ1v) is 9.00. The summed E-state index contributed by atoms with van der Waals surface area (Å²) in [5, 5.41) is 0. The Morgan fingerprint density at radius 1 is 1.26 bits per heavy atom. The van der Waals surface area contributed by atoms with Crippen molar-refractivity contribution in [3.05, 3.63) is 0 Å². The van der Waals surface area contributed by atoms with Crippen LogP contribution >= 0.6 is 11.8 Å². The Labute approximate surface area is 123 Å². The highest BCUT2D eigenvalue weighted by Crippen LogP contribution is 2.33. The van der Waals surface area contributed by atoms with Crippen molar-refractivity contribution in [2.75, 3.05) is 44.2 Å². The second-order valence-electron chi connectivity index (χ2n) is 6.74.